The smallest absolute Gasteiger partial charge is 0.189 e. The van der Waals surface area contributed by atoms with E-state index in [1.54, 1.807) is 0 Å². The molecule has 0 rings (SSSR count). The summed E-state index contributed by atoms with van der Waals surface area (Å²) in [5, 5.41) is 26.3. The number of aliphatic hydroxyl groups is 3. The van der Waals surface area contributed by atoms with Gasteiger partial charge in [-0.2, -0.15) is 11.8 Å². The second-order valence-electron chi connectivity index (χ2n) is 2.62. The van der Waals surface area contributed by atoms with E-state index in [0.29, 0.717) is 18.1 Å². The molecule has 88 valence electrons. The third kappa shape index (κ3) is 9.01. The lowest BCUT2D eigenvalue weighted by atomic mass is 10.3. The first-order chi connectivity index (χ1) is 7.07. The Morgan fingerprint density at radius 1 is 1.33 bits per heavy atom. The maximum atomic E-state index is 9.33. The Balaban J connectivity index is 3.51. The molecule has 15 heavy (non-hydrogen) atoms. The van der Waals surface area contributed by atoms with Gasteiger partial charge < -0.3 is 20.1 Å². The van der Waals surface area contributed by atoms with Crippen LogP contribution in [0.4, 0.5) is 0 Å². The Morgan fingerprint density at radius 3 is 2.53 bits per heavy atom. The zero-order chi connectivity index (χ0) is 11.7. The molecule has 3 N–H and O–H groups in total. The van der Waals surface area contributed by atoms with Gasteiger partial charge in [0.1, 0.15) is 6.10 Å². The quantitative estimate of drug-likeness (QED) is 0.443. The van der Waals surface area contributed by atoms with Gasteiger partial charge in [0, 0.05) is 17.9 Å². The molecular formula is C8H14O4S3. The highest BCUT2D eigenvalue weighted by atomic mass is 32.2. The Morgan fingerprint density at radius 2 is 2.00 bits per heavy atom. The molecule has 4 nitrogen and oxygen atoms in total. The van der Waals surface area contributed by atoms with E-state index in [1.165, 1.54) is 11.8 Å². The monoisotopic (exact) mass is 270 g/mol. The number of rotatable bonds is 8. The molecule has 1 unspecified atom stereocenters. The van der Waals surface area contributed by atoms with Gasteiger partial charge in [0.15, 0.2) is 10.1 Å². The van der Waals surface area contributed by atoms with Crippen LogP contribution in [0.25, 0.3) is 0 Å². The summed E-state index contributed by atoms with van der Waals surface area (Å²) in [4.78, 5) is 0. The van der Waals surface area contributed by atoms with E-state index >= 15 is 0 Å². The van der Waals surface area contributed by atoms with Gasteiger partial charge in [0.25, 0.3) is 0 Å². The molecule has 0 bridgehead atoms. The summed E-state index contributed by atoms with van der Waals surface area (Å²) in [6.45, 7) is 0.509. The molecule has 0 aliphatic carbocycles. The average molecular weight is 270 g/mol. The maximum absolute atomic E-state index is 9.33. The van der Waals surface area contributed by atoms with Crippen molar-refractivity contribution < 1.29 is 20.1 Å². The highest BCUT2D eigenvalue weighted by Crippen LogP contribution is 2.02. The van der Waals surface area contributed by atoms with Crippen molar-refractivity contribution in [3.05, 3.63) is 0 Å². The van der Waals surface area contributed by atoms with Crippen molar-refractivity contribution in [1.29, 1.82) is 0 Å². The van der Waals surface area contributed by atoms with Crippen LogP contribution in [-0.4, -0.2) is 56.2 Å². The number of ether oxygens (including phenoxy) is 1. The molecule has 1 atom stereocenters. The summed E-state index contributed by atoms with van der Waals surface area (Å²) in [5.41, 5.74) is 0. The van der Waals surface area contributed by atoms with Crippen LogP contribution in [0.2, 0.25) is 0 Å². The normalized spacial score (nSPS) is 12.1. The molecule has 0 amide bonds. The summed E-state index contributed by atoms with van der Waals surface area (Å²) in [5.74, 6) is 1.34. The summed E-state index contributed by atoms with van der Waals surface area (Å²) < 4.78 is 5.06. The predicted molar refractivity (Wildman–Crippen MR) is 68.8 cm³/mol. The molecule has 0 fully saturated rings. The Bertz CT molecular complexity index is 210. The van der Waals surface area contributed by atoms with E-state index in [9.17, 15) is 5.11 Å². The third-order valence-corrected chi connectivity index (χ3v) is 2.83. The highest BCUT2D eigenvalue weighted by molar-refractivity contribution is 7.99. The summed E-state index contributed by atoms with van der Waals surface area (Å²) >= 11 is 10.7. The standard InChI is InChI=1S/C8H14O4S3/c9-1-3-15-4-2-12-8(14)6(10)5-7(11)13/h6,9-10H,1-5H2,(H,11,13). The second-order valence-corrected chi connectivity index (χ2v) is 4.72. The van der Waals surface area contributed by atoms with Gasteiger partial charge in [0.05, 0.1) is 13.2 Å². The van der Waals surface area contributed by atoms with Gasteiger partial charge in [0.2, 0.25) is 0 Å². The van der Waals surface area contributed by atoms with Gasteiger partial charge >= 0.3 is 0 Å². The van der Waals surface area contributed by atoms with Gasteiger partial charge in [-0.3, -0.25) is 0 Å². The van der Waals surface area contributed by atoms with E-state index in [1.807, 2.05) is 0 Å². The molecule has 0 radical (unpaired) electrons. The van der Waals surface area contributed by atoms with Crippen molar-refractivity contribution in [3.63, 3.8) is 0 Å². The topological polar surface area (TPSA) is 69.9 Å². The van der Waals surface area contributed by atoms with Crippen LogP contribution in [0.1, 0.15) is 6.42 Å². The lowest BCUT2D eigenvalue weighted by Crippen LogP contribution is -2.24. The molecule has 0 heterocycles. The van der Waals surface area contributed by atoms with Crippen LogP contribution >= 0.6 is 36.2 Å². The molecule has 0 aromatic carbocycles. The van der Waals surface area contributed by atoms with Gasteiger partial charge in [-0.25, -0.2) is 0 Å². The first-order valence-corrected chi connectivity index (χ1v) is 6.30. The van der Waals surface area contributed by atoms with E-state index in [0.717, 1.165) is 0 Å². The lowest BCUT2D eigenvalue weighted by molar-refractivity contribution is 0.200. The first kappa shape index (κ1) is 15.0. The van der Waals surface area contributed by atoms with Gasteiger partial charge in [-0.1, -0.05) is 0 Å². The zero-order valence-corrected chi connectivity index (χ0v) is 10.5. The van der Waals surface area contributed by atoms with Crippen LogP contribution < -0.4 is 0 Å². The summed E-state index contributed by atoms with van der Waals surface area (Å²) in [6, 6.07) is 0. The van der Waals surface area contributed by atoms with Crippen LogP contribution in [0.15, 0.2) is 0 Å². The van der Waals surface area contributed by atoms with Crippen LogP contribution in [0.3, 0.4) is 0 Å². The van der Waals surface area contributed by atoms with Crippen molar-refractivity contribution in [1.82, 2.24) is 0 Å². The molecule has 7 heteroatoms. The molecule has 0 saturated heterocycles. The van der Waals surface area contributed by atoms with E-state index in [4.69, 9.17) is 27.2 Å². The average Bonchev–Trinajstić information content (AvgIpc) is 2.16. The van der Waals surface area contributed by atoms with Crippen molar-refractivity contribution in [2.75, 3.05) is 24.7 Å². The number of hydrogen-bond donors (Lipinski definition) is 3. The molecule has 0 spiro atoms. The van der Waals surface area contributed by atoms with Crippen molar-refractivity contribution in [2.24, 2.45) is 0 Å². The van der Waals surface area contributed by atoms with Crippen LogP contribution in [0, 0.1) is 0 Å². The third-order valence-electron chi connectivity index (χ3n) is 1.35. The minimum absolute atomic E-state index is 0.0380. The Kier molecular flexibility index (Phi) is 9.32. The van der Waals surface area contributed by atoms with Crippen LogP contribution in [-0.2, 0) is 4.74 Å². The predicted octanol–water partition coefficient (Wildman–Crippen LogP) is 0.692. The minimum Gasteiger partial charge on any atom is -0.502 e. The number of aliphatic hydroxyl groups excluding tert-OH is 3. The minimum atomic E-state index is -1.03. The number of thioether (sulfide) groups is 1. The molecule has 0 aliphatic heterocycles. The first-order valence-electron chi connectivity index (χ1n) is 4.33. The summed E-state index contributed by atoms with van der Waals surface area (Å²) in [6.07, 6.45) is -1.10. The van der Waals surface area contributed by atoms with E-state index < -0.39 is 6.10 Å². The van der Waals surface area contributed by atoms with Gasteiger partial charge in [-0.15, -0.1) is 0 Å². The zero-order valence-electron chi connectivity index (χ0n) is 8.09. The lowest BCUT2D eigenvalue weighted by Gasteiger charge is -2.11. The molecule has 0 aliphatic rings. The number of hydrogen-bond acceptors (Lipinski definition) is 6. The van der Waals surface area contributed by atoms with Crippen molar-refractivity contribution in [2.45, 2.75) is 12.5 Å². The molecule has 0 aromatic heterocycles. The van der Waals surface area contributed by atoms with Crippen molar-refractivity contribution >= 4 is 46.3 Å². The van der Waals surface area contributed by atoms with Crippen molar-refractivity contribution in [3.8, 4) is 0 Å². The Hall–Kier alpha value is 0.0500. The fraction of sp³-hybridized carbons (Fsp3) is 0.750. The number of thiocarbonyl (C=S) groups is 2. The molecular weight excluding hydrogens is 256 g/mol. The summed E-state index contributed by atoms with van der Waals surface area (Å²) in [7, 11) is 0. The molecule has 0 saturated carbocycles. The molecule has 0 aromatic rings. The fourth-order valence-electron chi connectivity index (χ4n) is 0.713. The van der Waals surface area contributed by atoms with Crippen LogP contribution in [0.5, 0.6) is 0 Å². The van der Waals surface area contributed by atoms with E-state index in [-0.39, 0.29) is 23.1 Å². The SMILES string of the molecule is OCCSCCOC(=S)C(O)CC(O)=S. The maximum Gasteiger partial charge on any atom is 0.189 e. The van der Waals surface area contributed by atoms with Gasteiger partial charge in [-0.05, 0) is 24.4 Å². The second kappa shape index (κ2) is 9.29. The largest absolute Gasteiger partial charge is 0.502 e. The Labute approximate surface area is 104 Å². The highest BCUT2D eigenvalue weighted by Gasteiger charge is 2.13. The van der Waals surface area contributed by atoms with E-state index in [2.05, 4.69) is 12.2 Å². The fourth-order valence-corrected chi connectivity index (χ4v) is 1.57.